The number of piperidine rings is 1. The number of nitrogens with one attached hydrogen (secondary N) is 1. The van der Waals surface area contributed by atoms with Gasteiger partial charge in [0.1, 0.15) is 11.5 Å². The summed E-state index contributed by atoms with van der Waals surface area (Å²) in [4.78, 5) is 19.4. The van der Waals surface area contributed by atoms with E-state index in [0.29, 0.717) is 5.92 Å². The number of fused-ring (bicyclic) bond motifs is 3. The summed E-state index contributed by atoms with van der Waals surface area (Å²) in [5.74, 6) is 1.63. The van der Waals surface area contributed by atoms with E-state index < -0.39 is 0 Å². The third-order valence-corrected chi connectivity index (χ3v) is 5.85. The normalized spacial score (nSPS) is 15.6. The number of anilines is 1. The molecule has 0 spiro atoms. The molecular formula is C22H25N7. The number of rotatable bonds is 4. The molecule has 0 radical (unpaired) electrons. The van der Waals surface area contributed by atoms with Crippen LogP contribution >= 0.6 is 0 Å². The Hall–Kier alpha value is -3.03. The Kier molecular flexibility index (Phi) is 4.61. The van der Waals surface area contributed by atoms with Crippen molar-refractivity contribution in [3.63, 3.8) is 0 Å². The number of pyridine rings is 3. The molecule has 1 aliphatic heterocycles. The minimum absolute atomic E-state index is 0.206. The van der Waals surface area contributed by atoms with Crippen molar-refractivity contribution in [3.05, 3.63) is 48.9 Å². The first kappa shape index (κ1) is 18.0. The van der Waals surface area contributed by atoms with Crippen LogP contribution in [0.5, 0.6) is 0 Å². The highest BCUT2D eigenvalue weighted by Crippen LogP contribution is 2.28. The topological polar surface area (TPSA) is 110 Å². The van der Waals surface area contributed by atoms with E-state index in [1.807, 2.05) is 24.5 Å². The van der Waals surface area contributed by atoms with Crippen molar-refractivity contribution in [1.29, 1.82) is 0 Å². The van der Waals surface area contributed by atoms with Crippen LogP contribution in [0.4, 0.5) is 5.82 Å². The van der Waals surface area contributed by atoms with Crippen molar-refractivity contribution in [2.75, 3.05) is 18.0 Å². The number of hydrogen-bond acceptors (Lipinski definition) is 6. The second-order valence-corrected chi connectivity index (χ2v) is 7.87. The maximum atomic E-state index is 5.74. The van der Waals surface area contributed by atoms with Crippen LogP contribution in [0.1, 0.15) is 19.3 Å². The van der Waals surface area contributed by atoms with Gasteiger partial charge < -0.3 is 21.4 Å². The fourth-order valence-electron chi connectivity index (χ4n) is 4.29. The molecule has 1 fully saturated rings. The van der Waals surface area contributed by atoms with Crippen LogP contribution in [-0.4, -0.2) is 39.2 Å². The number of aromatic amines is 1. The van der Waals surface area contributed by atoms with Crippen molar-refractivity contribution in [1.82, 2.24) is 19.9 Å². The van der Waals surface area contributed by atoms with Crippen LogP contribution in [0.3, 0.4) is 0 Å². The smallest absolute Gasteiger partial charge is 0.139 e. The quantitative estimate of drug-likeness (QED) is 0.464. The predicted octanol–water partition coefficient (Wildman–Crippen LogP) is 3.02. The van der Waals surface area contributed by atoms with Crippen molar-refractivity contribution in [2.45, 2.75) is 25.4 Å². The molecule has 0 saturated carbocycles. The van der Waals surface area contributed by atoms with E-state index in [-0.39, 0.29) is 6.17 Å². The molecule has 7 nitrogen and oxygen atoms in total. The zero-order valence-electron chi connectivity index (χ0n) is 16.3. The van der Waals surface area contributed by atoms with Crippen molar-refractivity contribution < 1.29 is 0 Å². The average Bonchev–Trinajstić information content (AvgIpc) is 3.12. The summed E-state index contributed by atoms with van der Waals surface area (Å²) in [6, 6.07) is 10.3. The Morgan fingerprint density at radius 2 is 1.90 bits per heavy atom. The van der Waals surface area contributed by atoms with Gasteiger partial charge in [0.25, 0.3) is 0 Å². The van der Waals surface area contributed by atoms with Gasteiger partial charge in [-0.05, 0) is 55.5 Å². The molecule has 4 aromatic heterocycles. The van der Waals surface area contributed by atoms with Gasteiger partial charge in [0.2, 0.25) is 0 Å². The number of aromatic nitrogens is 4. The molecule has 5 rings (SSSR count). The van der Waals surface area contributed by atoms with E-state index in [1.165, 1.54) is 0 Å². The fraction of sp³-hybridized carbons (Fsp3) is 0.318. The molecule has 0 aliphatic carbocycles. The van der Waals surface area contributed by atoms with E-state index in [1.54, 1.807) is 6.20 Å². The van der Waals surface area contributed by atoms with Crippen LogP contribution in [0.2, 0.25) is 0 Å². The Bertz CT molecular complexity index is 1130. The molecule has 7 heteroatoms. The molecule has 5 heterocycles. The summed E-state index contributed by atoms with van der Waals surface area (Å²) in [7, 11) is 0. The molecule has 0 unspecified atom stereocenters. The Morgan fingerprint density at radius 3 is 2.66 bits per heavy atom. The third kappa shape index (κ3) is 3.54. The molecule has 0 bridgehead atoms. The van der Waals surface area contributed by atoms with Crippen molar-refractivity contribution in [2.24, 2.45) is 17.4 Å². The lowest BCUT2D eigenvalue weighted by molar-refractivity contribution is 0.355. The van der Waals surface area contributed by atoms with Gasteiger partial charge in [-0.2, -0.15) is 0 Å². The van der Waals surface area contributed by atoms with Crippen molar-refractivity contribution in [3.8, 4) is 11.3 Å². The molecule has 0 amide bonds. The van der Waals surface area contributed by atoms with E-state index in [4.69, 9.17) is 21.4 Å². The van der Waals surface area contributed by atoms with Crippen LogP contribution in [0.25, 0.3) is 33.2 Å². The van der Waals surface area contributed by atoms with E-state index >= 15 is 0 Å². The van der Waals surface area contributed by atoms with Gasteiger partial charge in [0, 0.05) is 48.0 Å². The summed E-state index contributed by atoms with van der Waals surface area (Å²) >= 11 is 0. The first-order valence-electron chi connectivity index (χ1n) is 10.1. The summed E-state index contributed by atoms with van der Waals surface area (Å²) in [6.07, 6.45) is 8.49. The summed E-state index contributed by atoms with van der Waals surface area (Å²) in [6.45, 7) is 1.99. The zero-order valence-corrected chi connectivity index (χ0v) is 16.3. The highest BCUT2D eigenvalue weighted by Gasteiger charge is 2.21. The monoisotopic (exact) mass is 387 g/mol. The van der Waals surface area contributed by atoms with Gasteiger partial charge in [-0.1, -0.05) is 0 Å². The van der Waals surface area contributed by atoms with E-state index in [0.717, 1.165) is 71.4 Å². The first-order chi connectivity index (χ1) is 14.2. The number of hydrogen-bond donors (Lipinski definition) is 3. The van der Waals surface area contributed by atoms with Crippen LogP contribution in [-0.2, 0) is 0 Å². The Labute approximate surface area is 169 Å². The molecule has 0 aromatic carbocycles. The van der Waals surface area contributed by atoms with Gasteiger partial charge in [-0.3, -0.25) is 4.98 Å². The van der Waals surface area contributed by atoms with Gasteiger partial charge in [0.05, 0.1) is 17.4 Å². The number of nitrogens with zero attached hydrogens (tertiary/aromatic N) is 4. The lowest BCUT2D eigenvalue weighted by Crippen LogP contribution is -2.39. The maximum Gasteiger partial charge on any atom is 0.139 e. The molecule has 5 N–H and O–H groups in total. The van der Waals surface area contributed by atoms with Crippen LogP contribution in [0.15, 0.2) is 48.9 Å². The first-order valence-corrected chi connectivity index (χ1v) is 10.1. The summed E-state index contributed by atoms with van der Waals surface area (Å²) in [5.41, 5.74) is 15.3. The minimum atomic E-state index is -0.206. The fourth-order valence-corrected chi connectivity index (χ4v) is 4.29. The summed E-state index contributed by atoms with van der Waals surface area (Å²) < 4.78 is 0. The lowest BCUT2D eigenvalue weighted by atomic mass is 9.92. The van der Waals surface area contributed by atoms with Gasteiger partial charge in [-0.25, -0.2) is 9.97 Å². The second-order valence-electron chi connectivity index (χ2n) is 7.87. The standard InChI is InChI=1S/C22H25N7/c23-20(24)11-14-6-9-29(10-7-14)21-4-1-15(12-26-21)18-3-2-16-17-13-25-8-5-19(17)28-22(16)27-18/h1-5,8,12-14,20H,6-7,9-11,23-24H2,(H,27,28). The molecule has 1 aliphatic rings. The van der Waals surface area contributed by atoms with Gasteiger partial charge >= 0.3 is 0 Å². The maximum absolute atomic E-state index is 5.74. The van der Waals surface area contributed by atoms with Crippen LogP contribution in [0, 0.1) is 5.92 Å². The zero-order chi connectivity index (χ0) is 19.8. The molecule has 4 aromatic rings. The molecular weight excluding hydrogens is 362 g/mol. The highest BCUT2D eigenvalue weighted by atomic mass is 15.2. The minimum Gasteiger partial charge on any atom is -0.357 e. The average molecular weight is 387 g/mol. The van der Waals surface area contributed by atoms with E-state index in [9.17, 15) is 0 Å². The molecule has 29 heavy (non-hydrogen) atoms. The Balaban J connectivity index is 1.34. The molecule has 0 atom stereocenters. The SMILES string of the molecule is NC(N)CC1CCN(c2ccc(-c3ccc4c(n3)[nH]c3ccncc34)cn2)CC1. The molecule has 148 valence electrons. The summed E-state index contributed by atoms with van der Waals surface area (Å²) in [5, 5.41) is 2.18. The highest BCUT2D eigenvalue weighted by molar-refractivity contribution is 6.05. The van der Waals surface area contributed by atoms with Gasteiger partial charge in [0.15, 0.2) is 0 Å². The second kappa shape index (κ2) is 7.42. The van der Waals surface area contributed by atoms with Crippen molar-refractivity contribution >= 4 is 27.8 Å². The van der Waals surface area contributed by atoms with E-state index in [2.05, 4.69) is 33.1 Å². The predicted molar refractivity (Wildman–Crippen MR) is 116 cm³/mol. The third-order valence-electron chi connectivity index (χ3n) is 5.85. The van der Waals surface area contributed by atoms with Crippen LogP contribution < -0.4 is 16.4 Å². The largest absolute Gasteiger partial charge is 0.357 e. The number of H-pyrrole nitrogens is 1. The lowest BCUT2D eigenvalue weighted by Gasteiger charge is -2.33. The number of nitrogens with two attached hydrogens (primary N) is 2. The Morgan fingerprint density at radius 1 is 1.03 bits per heavy atom. The van der Waals surface area contributed by atoms with Gasteiger partial charge in [-0.15, -0.1) is 0 Å². The molecule has 1 saturated heterocycles.